The van der Waals surface area contributed by atoms with Gasteiger partial charge in [0, 0.05) is 11.4 Å². The number of halogens is 1. The van der Waals surface area contributed by atoms with Crippen LogP contribution in [0.5, 0.6) is 0 Å². The Kier molecular flexibility index (Phi) is 4.01. The highest BCUT2D eigenvalue weighted by atomic mass is 35.5. The fraction of sp³-hybridized carbons (Fsp3) is 0.167. The number of aromatic nitrogens is 3. The van der Waals surface area contributed by atoms with Gasteiger partial charge in [-0.25, -0.2) is 19.7 Å². The molecular formula is C12H10ClN3O2S. The Balaban J connectivity index is 2.33. The smallest absolute Gasteiger partial charge is 0.356 e. The number of aryl methyl sites for hydroxylation is 2. The predicted molar refractivity (Wildman–Crippen MR) is 71.8 cm³/mol. The van der Waals surface area contributed by atoms with Crippen LogP contribution in [0.2, 0.25) is 5.02 Å². The summed E-state index contributed by atoms with van der Waals surface area (Å²) in [6.45, 7) is 3.74. The minimum Gasteiger partial charge on any atom is -0.476 e. The van der Waals surface area contributed by atoms with E-state index in [9.17, 15) is 4.79 Å². The summed E-state index contributed by atoms with van der Waals surface area (Å²) >= 11 is 6.96. The largest absolute Gasteiger partial charge is 0.476 e. The van der Waals surface area contributed by atoms with Crippen molar-refractivity contribution in [2.24, 2.45) is 0 Å². The Morgan fingerprint density at radius 1 is 1.21 bits per heavy atom. The molecule has 0 bridgehead atoms. The lowest BCUT2D eigenvalue weighted by molar-refractivity contribution is 0.0690. The van der Waals surface area contributed by atoms with E-state index < -0.39 is 5.97 Å². The van der Waals surface area contributed by atoms with Gasteiger partial charge in [0.2, 0.25) is 0 Å². The number of carboxylic acid groups (broad SMARTS) is 1. The molecule has 0 radical (unpaired) electrons. The van der Waals surface area contributed by atoms with Crippen molar-refractivity contribution in [2.75, 3.05) is 0 Å². The summed E-state index contributed by atoms with van der Waals surface area (Å²) in [5.74, 6) is -1.16. The Morgan fingerprint density at radius 3 is 2.42 bits per heavy atom. The van der Waals surface area contributed by atoms with Crippen LogP contribution in [0.15, 0.2) is 28.4 Å². The van der Waals surface area contributed by atoms with Gasteiger partial charge in [0.25, 0.3) is 0 Å². The molecule has 0 aliphatic heterocycles. The molecule has 0 saturated carbocycles. The first kappa shape index (κ1) is 13.8. The number of rotatable bonds is 3. The molecule has 2 aromatic rings. The quantitative estimate of drug-likeness (QED) is 0.877. The van der Waals surface area contributed by atoms with Crippen LogP contribution in [0.25, 0.3) is 0 Å². The summed E-state index contributed by atoms with van der Waals surface area (Å²) < 4.78 is 0. The second-order valence-electron chi connectivity index (χ2n) is 3.82. The molecule has 0 aliphatic carbocycles. The lowest BCUT2D eigenvalue weighted by Crippen LogP contribution is -2.02. The molecule has 0 unspecified atom stereocenters. The van der Waals surface area contributed by atoms with Crippen molar-refractivity contribution < 1.29 is 9.90 Å². The molecular weight excluding hydrogens is 286 g/mol. The van der Waals surface area contributed by atoms with Gasteiger partial charge in [0.15, 0.2) is 10.9 Å². The molecule has 0 fully saturated rings. The number of hydrogen-bond donors (Lipinski definition) is 1. The van der Waals surface area contributed by atoms with Gasteiger partial charge in [-0.3, -0.25) is 0 Å². The third kappa shape index (κ3) is 3.42. The van der Waals surface area contributed by atoms with E-state index in [4.69, 9.17) is 16.7 Å². The van der Waals surface area contributed by atoms with Crippen molar-refractivity contribution in [2.45, 2.75) is 24.0 Å². The number of carbonyl (C=O) groups is 1. The van der Waals surface area contributed by atoms with Crippen molar-refractivity contribution in [1.29, 1.82) is 0 Å². The maximum Gasteiger partial charge on any atom is 0.356 e. The minimum absolute atomic E-state index is 0.109. The number of hydrogen-bond acceptors (Lipinski definition) is 5. The van der Waals surface area contributed by atoms with E-state index in [1.165, 1.54) is 17.8 Å². The first-order valence-electron chi connectivity index (χ1n) is 5.35. The van der Waals surface area contributed by atoms with Crippen LogP contribution in [0.1, 0.15) is 21.9 Å². The topological polar surface area (TPSA) is 76.0 Å². The second-order valence-corrected chi connectivity index (χ2v) is 5.22. The zero-order chi connectivity index (χ0) is 14.0. The van der Waals surface area contributed by atoms with Crippen LogP contribution in [0.4, 0.5) is 0 Å². The Hall–Kier alpha value is -1.66. The number of carboxylic acids is 1. The van der Waals surface area contributed by atoms with E-state index in [1.807, 2.05) is 19.9 Å². The maximum absolute atomic E-state index is 10.9. The van der Waals surface area contributed by atoms with Gasteiger partial charge in [-0.2, -0.15) is 0 Å². The van der Waals surface area contributed by atoms with Gasteiger partial charge < -0.3 is 5.11 Å². The van der Waals surface area contributed by atoms with Crippen molar-refractivity contribution in [3.8, 4) is 0 Å². The van der Waals surface area contributed by atoms with E-state index in [-0.39, 0.29) is 10.7 Å². The predicted octanol–water partition coefficient (Wildman–Crippen LogP) is 2.99. The summed E-state index contributed by atoms with van der Waals surface area (Å²) in [7, 11) is 0. The molecule has 19 heavy (non-hydrogen) atoms. The van der Waals surface area contributed by atoms with Gasteiger partial charge in [-0.05, 0) is 43.8 Å². The van der Waals surface area contributed by atoms with Crippen LogP contribution in [0.3, 0.4) is 0 Å². The fourth-order valence-corrected chi connectivity index (χ4v) is 2.49. The zero-order valence-electron chi connectivity index (χ0n) is 10.2. The third-order valence-corrected chi connectivity index (χ3v) is 3.29. The first-order valence-corrected chi connectivity index (χ1v) is 6.55. The molecule has 5 nitrogen and oxygen atoms in total. The zero-order valence-corrected chi connectivity index (χ0v) is 11.8. The summed E-state index contributed by atoms with van der Waals surface area (Å²) in [5.41, 5.74) is 1.53. The summed E-state index contributed by atoms with van der Waals surface area (Å²) in [4.78, 5) is 23.4. The average molecular weight is 296 g/mol. The van der Waals surface area contributed by atoms with Gasteiger partial charge in [-0.15, -0.1) is 0 Å². The van der Waals surface area contributed by atoms with Crippen LogP contribution in [0, 0.1) is 13.8 Å². The van der Waals surface area contributed by atoms with Gasteiger partial charge in [0.05, 0.1) is 5.02 Å². The number of aromatic carboxylic acids is 1. The van der Waals surface area contributed by atoms with Crippen LogP contribution in [-0.4, -0.2) is 26.0 Å². The molecule has 0 atom stereocenters. The van der Waals surface area contributed by atoms with E-state index in [0.29, 0.717) is 10.2 Å². The molecule has 2 heterocycles. The molecule has 0 saturated heterocycles. The standard InChI is InChI=1S/C12H10ClN3O2S/c1-6-5-7(2)15-12(14-6)19-9-4-3-8(13)10(16-9)11(17)18/h3-5H,1-2H3,(H,17,18). The Morgan fingerprint density at radius 2 is 1.84 bits per heavy atom. The molecule has 0 spiro atoms. The molecule has 98 valence electrons. The molecule has 1 N–H and O–H groups in total. The highest BCUT2D eigenvalue weighted by molar-refractivity contribution is 7.99. The molecule has 2 aromatic heterocycles. The third-order valence-electron chi connectivity index (χ3n) is 2.18. The highest BCUT2D eigenvalue weighted by Crippen LogP contribution is 2.25. The highest BCUT2D eigenvalue weighted by Gasteiger charge is 2.13. The molecule has 0 aliphatic rings. The molecule has 0 aromatic carbocycles. The van der Waals surface area contributed by atoms with Gasteiger partial charge in [-0.1, -0.05) is 11.6 Å². The van der Waals surface area contributed by atoms with E-state index in [1.54, 1.807) is 6.07 Å². The van der Waals surface area contributed by atoms with Crippen molar-refractivity contribution in [3.05, 3.63) is 40.3 Å². The monoisotopic (exact) mass is 295 g/mol. The van der Waals surface area contributed by atoms with E-state index in [2.05, 4.69) is 15.0 Å². The maximum atomic E-state index is 10.9. The molecule has 2 rings (SSSR count). The second kappa shape index (κ2) is 5.54. The Bertz CT molecular complexity index is 629. The summed E-state index contributed by atoms with van der Waals surface area (Å²) in [6, 6.07) is 5.01. The first-order chi connectivity index (χ1) is 8.95. The molecule has 0 amide bonds. The van der Waals surface area contributed by atoms with Crippen LogP contribution >= 0.6 is 23.4 Å². The van der Waals surface area contributed by atoms with Crippen molar-refractivity contribution in [3.63, 3.8) is 0 Å². The number of pyridine rings is 1. The van der Waals surface area contributed by atoms with Crippen molar-refractivity contribution in [1.82, 2.24) is 15.0 Å². The minimum atomic E-state index is -1.16. The lowest BCUT2D eigenvalue weighted by Gasteiger charge is -2.04. The average Bonchev–Trinajstić information content (AvgIpc) is 2.30. The van der Waals surface area contributed by atoms with Gasteiger partial charge >= 0.3 is 5.97 Å². The molecule has 7 heteroatoms. The van der Waals surface area contributed by atoms with E-state index >= 15 is 0 Å². The van der Waals surface area contributed by atoms with Crippen LogP contribution < -0.4 is 0 Å². The SMILES string of the molecule is Cc1cc(C)nc(Sc2ccc(Cl)c(C(=O)O)n2)n1. The van der Waals surface area contributed by atoms with Gasteiger partial charge in [0.1, 0.15) is 5.03 Å². The van der Waals surface area contributed by atoms with E-state index in [0.717, 1.165) is 11.4 Å². The van der Waals surface area contributed by atoms with Crippen LogP contribution in [-0.2, 0) is 0 Å². The summed E-state index contributed by atoms with van der Waals surface area (Å²) in [5, 5.41) is 10.1. The number of nitrogens with zero attached hydrogens (tertiary/aromatic N) is 3. The Labute approximate surface area is 119 Å². The lowest BCUT2D eigenvalue weighted by atomic mass is 10.3. The normalized spacial score (nSPS) is 10.5. The fourth-order valence-electron chi connectivity index (χ4n) is 1.46. The van der Waals surface area contributed by atoms with Crippen molar-refractivity contribution >= 4 is 29.3 Å². The summed E-state index contributed by atoms with van der Waals surface area (Å²) in [6.07, 6.45) is 0.